The van der Waals surface area contributed by atoms with Crippen molar-refractivity contribution in [2.75, 3.05) is 18.9 Å². The molecular weight excluding hydrogens is 266 g/mol. The first-order chi connectivity index (χ1) is 10.1. The number of furan rings is 1. The van der Waals surface area contributed by atoms with Crippen molar-refractivity contribution in [2.24, 2.45) is 0 Å². The highest BCUT2D eigenvalue weighted by Gasteiger charge is 2.11. The first-order valence-electron chi connectivity index (χ1n) is 7.10. The van der Waals surface area contributed by atoms with Crippen LogP contribution in [0.3, 0.4) is 0 Å². The molecule has 0 atom stereocenters. The summed E-state index contributed by atoms with van der Waals surface area (Å²) in [5.41, 5.74) is 1.52. The zero-order chi connectivity index (χ0) is 15.2. The Morgan fingerprint density at radius 1 is 1.38 bits per heavy atom. The Hall–Kier alpha value is -2.30. The molecule has 2 aromatic rings. The number of nitrogens with zero attached hydrogens (tertiary/aromatic N) is 1. The molecule has 1 amide bonds. The minimum atomic E-state index is -0.0950. The minimum absolute atomic E-state index is 0.0950. The Morgan fingerprint density at radius 2 is 2.19 bits per heavy atom. The largest absolute Gasteiger partial charge is 0.469 e. The summed E-state index contributed by atoms with van der Waals surface area (Å²) in [5, 5.41) is 5.89. The number of nitrogens with one attached hydrogen (secondary N) is 2. The summed E-state index contributed by atoms with van der Waals surface area (Å²) < 4.78 is 5.24. The second-order valence-corrected chi connectivity index (χ2v) is 5.16. The van der Waals surface area contributed by atoms with E-state index in [1.807, 2.05) is 18.2 Å². The molecule has 0 saturated carbocycles. The van der Waals surface area contributed by atoms with Crippen molar-refractivity contribution in [3.05, 3.63) is 47.5 Å². The summed E-state index contributed by atoms with van der Waals surface area (Å²) in [7, 11) is 1.80. The highest BCUT2D eigenvalue weighted by atomic mass is 16.3. The van der Waals surface area contributed by atoms with Gasteiger partial charge in [-0.1, -0.05) is 13.8 Å². The summed E-state index contributed by atoms with van der Waals surface area (Å²) in [6, 6.07) is 7.34. The number of rotatable bonds is 6. The fraction of sp³-hybridized carbons (Fsp3) is 0.375. The molecule has 0 saturated heterocycles. The first-order valence-corrected chi connectivity index (χ1v) is 7.10. The maximum atomic E-state index is 12.2. The van der Waals surface area contributed by atoms with Gasteiger partial charge in [-0.15, -0.1) is 0 Å². The highest BCUT2D eigenvalue weighted by Crippen LogP contribution is 2.17. The molecule has 0 aliphatic rings. The third-order valence-corrected chi connectivity index (χ3v) is 3.19. The highest BCUT2D eigenvalue weighted by molar-refractivity contribution is 5.95. The van der Waals surface area contributed by atoms with E-state index in [0.29, 0.717) is 24.3 Å². The molecule has 0 unspecified atom stereocenters. The van der Waals surface area contributed by atoms with Gasteiger partial charge in [-0.2, -0.15) is 0 Å². The van der Waals surface area contributed by atoms with Crippen LogP contribution in [0.5, 0.6) is 0 Å². The van der Waals surface area contributed by atoms with Gasteiger partial charge < -0.3 is 15.1 Å². The van der Waals surface area contributed by atoms with Gasteiger partial charge in [-0.3, -0.25) is 4.79 Å². The van der Waals surface area contributed by atoms with Crippen LogP contribution in [0.2, 0.25) is 0 Å². The number of anilines is 1. The molecule has 0 fully saturated rings. The second kappa shape index (κ2) is 6.92. The van der Waals surface area contributed by atoms with Gasteiger partial charge in [0.25, 0.3) is 5.91 Å². The van der Waals surface area contributed by atoms with Gasteiger partial charge in [0.1, 0.15) is 11.6 Å². The van der Waals surface area contributed by atoms with Crippen molar-refractivity contribution in [1.82, 2.24) is 10.3 Å². The molecule has 0 aliphatic heterocycles. The topological polar surface area (TPSA) is 67.2 Å². The molecule has 2 aromatic heterocycles. The molecule has 5 heteroatoms. The lowest BCUT2D eigenvalue weighted by atomic mass is 10.1. The van der Waals surface area contributed by atoms with Crippen LogP contribution in [0.15, 0.2) is 34.9 Å². The number of carbonyl (C=O) groups excluding carboxylic acids is 1. The molecule has 0 aromatic carbocycles. The maximum absolute atomic E-state index is 12.2. The zero-order valence-corrected chi connectivity index (χ0v) is 12.6. The smallest absolute Gasteiger partial charge is 0.251 e. The summed E-state index contributed by atoms with van der Waals surface area (Å²) >= 11 is 0. The number of carbonyl (C=O) groups is 1. The molecule has 0 radical (unpaired) electrons. The van der Waals surface area contributed by atoms with Crippen LogP contribution in [0.25, 0.3) is 0 Å². The molecular formula is C16H21N3O2. The van der Waals surface area contributed by atoms with Crippen molar-refractivity contribution in [2.45, 2.75) is 26.2 Å². The van der Waals surface area contributed by atoms with Crippen molar-refractivity contribution in [1.29, 1.82) is 0 Å². The fourth-order valence-electron chi connectivity index (χ4n) is 1.96. The van der Waals surface area contributed by atoms with Crippen LogP contribution < -0.4 is 10.6 Å². The first kappa shape index (κ1) is 15.1. The van der Waals surface area contributed by atoms with E-state index in [1.165, 1.54) is 0 Å². The normalized spacial score (nSPS) is 10.7. The molecule has 0 spiro atoms. The monoisotopic (exact) mass is 287 g/mol. The van der Waals surface area contributed by atoms with E-state index < -0.39 is 0 Å². The van der Waals surface area contributed by atoms with Gasteiger partial charge in [0.15, 0.2) is 0 Å². The van der Waals surface area contributed by atoms with Crippen LogP contribution in [0, 0.1) is 0 Å². The van der Waals surface area contributed by atoms with Crippen LogP contribution in [0.4, 0.5) is 5.82 Å². The van der Waals surface area contributed by atoms with Gasteiger partial charge in [-0.25, -0.2) is 4.98 Å². The molecule has 21 heavy (non-hydrogen) atoms. The molecule has 2 N–H and O–H groups in total. The van der Waals surface area contributed by atoms with Crippen molar-refractivity contribution < 1.29 is 9.21 Å². The standard InChI is InChI=1S/C16H21N3O2/c1-11(2)14-9-12(10-15(17-3)19-14)16(20)18-7-6-13-5-4-8-21-13/h4-5,8-11H,6-7H2,1-3H3,(H,17,19)(H,18,20). The predicted molar refractivity (Wildman–Crippen MR) is 82.6 cm³/mol. The van der Waals surface area contributed by atoms with Gasteiger partial charge >= 0.3 is 0 Å². The van der Waals surface area contributed by atoms with Gasteiger partial charge in [0.05, 0.1) is 6.26 Å². The SMILES string of the molecule is CNc1cc(C(=O)NCCc2ccco2)cc(C(C)C)n1. The molecule has 5 nitrogen and oxygen atoms in total. The lowest BCUT2D eigenvalue weighted by Gasteiger charge is -2.11. The summed E-state index contributed by atoms with van der Waals surface area (Å²) in [6.45, 7) is 4.65. The summed E-state index contributed by atoms with van der Waals surface area (Å²) in [6.07, 6.45) is 2.31. The lowest BCUT2D eigenvalue weighted by Crippen LogP contribution is -2.26. The number of pyridine rings is 1. The molecule has 0 bridgehead atoms. The Bertz CT molecular complexity index is 592. The van der Waals surface area contributed by atoms with Crippen LogP contribution in [0.1, 0.15) is 41.6 Å². The summed E-state index contributed by atoms with van der Waals surface area (Å²) in [4.78, 5) is 16.7. The molecule has 112 valence electrons. The molecule has 2 rings (SSSR count). The summed E-state index contributed by atoms with van der Waals surface area (Å²) in [5.74, 6) is 1.75. The fourth-order valence-corrected chi connectivity index (χ4v) is 1.96. The quantitative estimate of drug-likeness (QED) is 0.857. The van der Waals surface area contributed by atoms with Gasteiger partial charge in [-0.05, 0) is 30.2 Å². The molecule has 2 heterocycles. The van der Waals surface area contributed by atoms with Crippen molar-refractivity contribution in [3.63, 3.8) is 0 Å². The second-order valence-electron chi connectivity index (χ2n) is 5.16. The minimum Gasteiger partial charge on any atom is -0.469 e. The van der Waals surface area contributed by atoms with E-state index in [-0.39, 0.29) is 11.8 Å². The Labute approximate surface area is 124 Å². The van der Waals surface area contributed by atoms with Crippen molar-refractivity contribution >= 4 is 11.7 Å². The lowest BCUT2D eigenvalue weighted by molar-refractivity contribution is 0.0953. The van der Waals surface area contributed by atoms with E-state index in [4.69, 9.17) is 4.42 Å². The maximum Gasteiger partial charge on any atom is 0.251 e. The molecule has 0 aliphatic carbocycles. The zero-order valence-electron chi connectivity index (χ0n) is 12.6. The Kier molecular flexibility index (Phi) is 4.98. The number of hydrogen-bond donors (Lipinski definition) is 2. The van der Waals surface area contributed by atoms with Crippen LogP contribution >= 0.6 is 0 Å². The van der Waals surface area contributed by atoms with E-state index in [1.54, 1.807) is 19.4 Å². The number of amides is 1. The van der Waals surface area contributed by atoms with Gasteiger partial charge in [0, 0.05) is 31.3 Å². The predicted octanol–water partition coefficient (Wildman–Crippen LogP) is 2.81. The Balaban J connectivity index is 2.02. The van der Waals surface area contributed by atoms with E-state index in [0.717, 1.165) is 11.5 Å². The number of hydrogen-bond acceptors (Lipinski definition) is 4. The Morgan fingerprint density at radius 3 is 2.81 bits per heavy atom. The third kappa shape index (κ3) is 4.08. The average molecular weight is 287 g/mol. The van der Waals surface area contributed by atoms with Gasteiger partial charge in [0.2, 0.25) is 0 Å². The van der Waals surface area contributed by atoms with E-state index in [9.17, 15) is 4.79 Å². The van der Waals surface area contributed by atoms with Crippen LogP contribution in [-0.4, -0.2) is 24.5 Å². The number of aromatic nitrogens is 1. The van der Waals surface area contributed by atoms with Crippen LogP contribution in [-0.2, 0) is 6.42 Å². The third-order valence-electron chi connectivity index (χ3n) is 3.19. The van der Waals surface area contributed by atoms with Crippen molar-refractivity contribution in [3.8, 4) is 0 Å². The van der Waals surface area contributed by atoms with E-state index in [2.05, 4.69) is 29.5 Å². The average Bonchev–Trinajstić information content (AvgIpc) is 2.99. The van der Waals surface area contributed by atoms with E-state index >= 15 is 0 Å².